The summed E-state index contributed by atoms with van der Waals surface area (Å²) in [7, 11) is -6.01. The summed E-state index contributed by atoms with van der Waals surface area (Å²) in [6.45, 7) is 0.0359. The summed E-state index contributed by atoms with van der Waals surface area (Å²) in [5.41, 5.74) is 0. The summed E-state index contributed by atoms with van der Waals surface area (Å²) in [5.74, 6) is -0.720. The fourth-order valence-electron chi connectivity index (χ4n) is 2.15. The van der Waals surface area contributed by atoms with Crippen LogP contribution in [0.3, 0.4) is 0 Å². The zero-order chi connectivity index (χ0) is 15.8. The molecular formula is C11H15NO6S3. The highest BCUT2D eigenvalue weighted by atomic mass is 32.2. The van der Waals surface area contributed by atoms with Gasteiger partial charge in [0.05, 0.1) is 12.4 Å². The van der Waals surface area contributed by atoms with Gasteiger partial charge in [-0.25, -0.2) is 21.6 Å². The molecule has 2 heterocycles. The maximum absolute atomic E-state index is 12.5. The van der Waals surface area contributed by atoms with Crippen LogP contribution in [-0.2, 0) is 24.6 Å². The zero-order valence-corrected chi connectivity index (χ0v) is 13.9. The molecule has 1 fully saturated rings. The lowest BCUT2D eigenvalue weighted by molar-refractivity contribution is 0.0602. The van der Waals surface area contributed by atoms with Gasteiger partial charge in [0, 0.05) is 19.3 Å². The van der Waals surface area contributed by atoms with Crippen molar-refractivity contribution in [3.8, 4) is 0 Å². The Labute approximate surface area is 127 Å². The van der Waals surface area contributed by atoms with E-state index >= 15 is 0 Å². The van der Waals surface area contributed by atoms with Gasteiger partial charge in [0.15, 0.2) is 9.84 Å². The minimum atomic E-state index is -3.90. The molecule has 0 amide bonds. The average molecular weight is 353 g/mol. The number of sulfonamides is 1. The van der Waals surface area contributed by atoms with Crippen LogP contribution in [0.2, 0.25) is 0 Å². The van der Waals surface area contributed by atoms with Crippen molar-refractivity contribution in [2.75, 3.05) is 26.5 Å². The predicted molar refractivity (Wildman–Crippen MR) is 77.7 cm³/mol. The van der Waals surface area contributed by atoms with Gasteiger partial charge in [-0.15, -0.1) is 11.3 Å². The van der Waals surface area contributed by atoms with Crippen molar-refractivity contribution in [1.82, 2.24) is 4.31 Å². The van der Waals surface area contributed by atoms with Gasteiger partial charge in [-0.2, -0.15) is 4.31 Å². The lowest BCUT2D eigenvalue weighted by Crippen LogP contribution is -2.32. The first-order chi connectivity index (χ1) is 9.67. The lowest BCUT2D eigenvalue weighted by atomic mass is 10.4. The Morgan fingerprint density at radius 3 is 2.57 bits per heavy atom. The monoisotopic (exact) mass is 353 g/mol. The summed E-state index contributed by atoms with van der Waals surface area (Å²) in [4.78, 5) is 11.5. The second-order valence-corrected chi connectivity index (χ2v) is 9.86. The van der Waals surface area contributed by atoms with Crippen LogP contribution in [0, 0.1) is 0 Å². The molecule has 0 aromatic carbocycles. The summed E-state index contributed by atoms with van der Waals surface area (Å²) < 4.78 is 53.8. The molecule has 1 saturated heterocycles. The maximum atomic E-state index is 12.5. The third-order valence-electron chi connectivity index (χ3n) is 3.33. The van der Waals surface area contributed by atoms with Crippen LogP contribution in [0.5, 0.6) is 0 Å². The number of hydrogen-bond acceptors (Lipinski definition) is 7. The van der Waals surface area contributed by atoms with Gasteiger partial charge in [-0.05, 0) is 17.9 Å². The summed E-state index contributed by atoms with van der Waals surface area (Å²) >= 11 is 0.976. The molecular weight excluding hydrogens is 338 g/mol. The Hall–Kier alpha value is -0.970. The molecule has 7 nitrogen and oxygen atoms in total. The van der Waals surface area contributed by atoms with E-state index in [-0.39, 0.29) is 29.3 Å². The minimum absolute atomic E-state index is 0.000283. The highest BCUT2D eigenvalue weighted by Crippen LogP contribution is 2.29. The molecule has 0 bridgehead atoms. The van der Waals surface area contributed by atoms with E-state index in [0.29, 0.717) is 0 Å². The second kappa shape index (κ2) is 5.67. The first kappa shape index (κ1) is 16.4. The van der Waals surface area contributed by atoms with Gasteiger partial charge >= 0.3 is 5.97 Å². The van der Waals surface area contributed by atoms with Gasteiger partial charge < -0.3 is 4.74 Å². The molecule has 1 aliphatic rings. The van der Waals surface area contributed by atoms with Crippen molar-refractivity contribution < 1.29 is 26.4 Å². The van der Waals surface area contributed by atoms with Crippen LogP contribution in [0.1, 0.15) is 16.1 Å². The fourth-order valence-corrected chi connectivity index (χ4v) is 6.03. The molecule has 0 spiro atoms. The average Bonchev–Trinajstić information content (AvgIpc) is 3.05. The molecule has 0 saturated carbocycles. The molecule has 118 valence electrons. The number of ether oxygens (including phenoxy) is 1. The Balaban J connectivity index is 2.33. The first-order valence-electron chi connectivity index (χ1n) is 6.02. The van der Waals surface area contributed by atoms with E-state index in [0.717, 1.165) is 21.9 Å². The molecule has 0 aliphatic carbocycles. The number of rotatable bonds is 4. The number of sulfone groups is 1. The van der Waals surface area contributed by atoms with E-state index in [1.165, 1.54) is 18.6 Å². The summed E-state index contributed by atoms with van der Waals surface area (Å²) in [6, 6.07) is 1.33. The van der Waals surface area contributed by atoms with Gasteiger partial charge in [-0.1, -0.05) is 0 Å². The van der Waals surface area contributed by atoms with Gasteiger partial charge in [0.25, 0.3) is 0 Å². The van der Waals surface area contributed by atoms with E-state index in [2.05, 4.69) is 4.74 Å². The third kappa shape index (κ3) is 3.12. The lowest BCUT2D eigenvalue weighted by Gasteiger charge is -2.16. The number of hydrogen-bond donors (Lipinski definition) is 0. The van der Waals surface area contributed by atoms with Crippen LogP contribution in [-0.4, -0.2) is 58.8 Å². The van der Waals surface area contributed by atoms with Gasteiger partial charge in [-0.3, -0.25) is 0 Å². The molecule has 21 heavy (non-hydrogen) atoms. The number of methoxy groups -OCH3 is 1. The molecule has 0 N–H and O–H groups in total. The number of thiophene rings is 1. The summed E-state index contributed by atoms with van der Waals surface area (Å²) in [5, 5.41) is 0.788. The molecule has 2 rings (SSSR count). The van der Waals surface area contributed by atoms with Crippen molar-refractivity contribution in [3.63, 3.8) is 0 Å². The Morgan fingerprint density at radius 1 is 1.38 bits per heavy atom. The molecule has 1 atom stereocenters. The van der Waals surface area contributed by atoms with E-state index in [4.69, 9.17) is 0 Å². The number of carbonyl (C=O) groups is 1. The number of nitrogens with zero attached hydrogens (tertiary/aromatic N) is 1. The summed E-state index contributed by atoms with van der Waals surface area (Å²) in [6.07, 6.45) is 1.36. The molecule has 10 heteroatoms. The van der Waals surface area contributed by atoms with E-state index in [1.54, 1.807) is 0 Å². The quantitative estimate of drug-likeness (QED) is 0.724. The Morgan fingerprint density at radius 2 is 2.05 bits per heavy atom. The standard InChI is InChI=1S/C11H15NO6S3/c1-18-11(13)10-9(4-6-19-10)21(16,17)12-5-3-8(7-12)20(2,14)15/h4,6,8H,3,5,7H2,1-2H3/t8-/m0/s1. The van der Waals surface area contributed by atoms with E-state index in [9.17, 15) is 21.6 Å². The highest BCUT2D eigenvalue weighted by Gasteiger charge is 2.38. The van der Waals surface area contributed by atoms with Crippen LogP contribution < -0.4 is 0 Å². The van der Waals surface area contributed by atoms with Crippen molar-refractivity contribution in [2.24, 2.45) is 0 Å². The van der Waals surface area contributed by atoms with Gasteiger partial charge in [0.2, 0.25) is 10.0 Å². The SMILES string of the molecule is COC(=O)c1sccc1S(=O)(=O)N1CC[C@H](S(C)(=O)=O)C1. The Bertz CT molecular complexity index is 749. The molecule has 1 aromatic rings. The topological polar surface area (TPSA) is 97.8 Å². The predicted octanol–water partition coefficient (Wildman–Crippen LogP) is 0.342. The van der Waals surface area contributed by atoms with Crippen molar-refractivity contribution in [1.29, 1.82) is 0 Å². The Kier molecular flexibility index (Phi) is 4.43. The second-order valence-electron chi connectivity index (χ2n) is 4.71. The zero-order valence-electron chi connectivity index (χ0n) is 11.5. The molecule has 0 unspecified atom stereocenters. The highest BCUT2D eigenvalue weighted by molar-refractivity contribution is 7.91. The van der Waals surface area contributed by atoms with E-state index < -0.39 is 31.1 Å². The largest absolute Gasteiger partial charge is 0.465 e. The minimum Gasteiger partial charge on any atom is -0.465 e. The maximum Gasteiger partial charge on any atom is 0.349 e. The fraction of sp³-hybridized carbons (Fsp3) is 0.545. The van der Waals surface area contributed by atoms with Crippen LogP contribution in [0.4, 0.5) is 0 Å². The molecule has 1 aromatic heterocycles. The van der Waals surface area contributed by atoms with Crippen molar-refractivity contribution in [2.45, 2.75) is 16.6 Å². The van der Waals surface area contributed by atoms with Crippen LogP contribution in [0.15, 0.2) is 16.3 Å². The molecule has 0 radical (unpaired) electrons. The number of carbonyl (C=O) groups excluding carboxylic acids is 1. The van der Waals surface area contributed by atoms with Crippen LogP contribution in [0.25, 0.3) is 0 Å². The first-order valence-corrected chi connectivity index (χ1v) is 10.3. The number of esters is 1. The van der Waals surface area contributed by atoms with Crippen molar-refractivity contribution >= 4 is 37.2 Å². The van der Waals surface area contributed by atoms with Crippen molar-refractivity contribution in [3.05, 3.63) is 16.3 Å². The van der Waals surface area contributed by atoms with Crippen LogP contribution >= 0.6 is 11.3 Å². The normalized spacial score (nSPS) is 20.6. The van der Waals surface area contributed by atoms with E-state index in [1.807, 2.05) is 0 Å². The smallest absolute Gasteiger partial charge is 0.349 e. The van der Waals surface area contributed by atoms with Gasteiger partial charge in [0.1, 0.15) is 9.77 Å². The third-order valence-corrected chi connectivity index (χ3v) is 7.86. The molecule has 1 aliphatic heterocycles.